The van der Waals surface area contributed by atoms with Gasteiger partial charge in [-0.25, -0.2) is 0 Å². The standard InChI is InChI=1S/C34H50N2O3/c1-6-8-10-13-26(3)14-15-27-23-30(38-32(37)17-22-35-19-11-9-12-20-35)33-28-25-36(18-7-2)21-16-29(28)34(4,5)39-31(33)24-27/h2,23-24,26H,6,8-22,25H2,1,3-5H3. The molecular formula is C34H50N2O3. The monoisotopic (exact) mass is 534 g/mol. The van der Waals surface area contributed by atoms with E-state index in [9.17, 15) is 4.79 Å². The first-order valence-electron chi connectivity index (χ1n) is 15.5. The molecule has 1 atom stereocenters. The van der Waals surface area contributed by atoms with Gasteiger partial charge in [0.15, 0.2) is 0 Å². The van der Waals surface area contributed by atoms with Crippen LogP contribution in [0.1, 0.15) is 103 Å². The number of benzene rings is 1. The van der Waals surface area contributed by atoms with E-state index in [0.717, 1.165) is 63.3 Å². The van der Waals surface area contributed by atoms with Crippen molar-refractivity contribution in [1.29, 1.82) is 0 Å². The topological polar surface area (TPSA) is 42.0 Å². The molecule has 5 heteroatoms. The van der Waals surface area contributed by atoms with Crippen LogP contribution in [0.5, 0.6) is 11.5 Å². The summed E-state index contributed by atoms with van der Waals surface area (Å²) in [6, 6.07) is 4.31. The van der Waals surface area contributed by atoms with E-state index >= 15 is 0 Å². The van der Waals surface area contributed by atoms with Crippen LogP contribution in [0.15, 0.2) is 17.7 Å². The van der Waals surface area contributed by atoms with E-state index in [4.69, 9.17) is 15.9 Å². The molecule has 0 N–H and O–H groups in total. The number of carbonyl (C=O) groups excluding carboxylic acids is 1. The summed E-state index contributed by atoms with van der Waals surface area (Å²) in [7, 11) is 0. The fraction of sp³-hybridized carbons (Fsp3) is 0.676. The van der Waals surface area contributed by atoms with E-state index in [0.29, 0.717) is 24.6 Å². The number of esters is 1. The van der Waals surface area contributed by atoms with Gasteiger partial charge < -0.3 is 14.4 Å². The number of rotatable bonds is 12. The Labute approximate surface area is 237 Å². The Kier molecular flexibility index (Phi) is 10.6. The van der Waals surface area contributed by atoms with Crippen molar-refractivity contribution in [3.05, 3.63) is 28.8 Å². The number of hydrogen-bond donors (Lipinski definition) is 0. The fourth-order valence-corrected chi connectivity index (χ4v) is 6.47. The highest BCUT2D eigenvalue weighted by Gasteiger charge is 2.39. The van der Waals surface area contributed by atoms with Gasteiger partial charge in [0.1, 0.15) is 17.1 Å². The summed E-state index contributed by atoms with van der Waals surface area (Å²) < 4.78 is 12.9. The van der Waals surface area contributed by atoms with Crippen molar-refractivity contribution < 1.29 is 14.3 Å². The Balaban J connectivity index is 1.59. The molecule has 0 radical (unpaired) electrons. The van der Waals surface area contributed by atoms with Crippen LogP contribution in [0.4, 0.5) is 0 Å². The second-order valence-electron chi connectivity index (χ2n) is 12.5. The van der Waals surface area contributed by atoms with E-state index in [1.54, 1.807) is 0 Å². The molecule has 1 saturated heterocycles. The molecule has 5 nitrogen and oxygen atoms in total. The molecule has 4 rings (SSSR count). The van der Waals surface area contributed by atoms with Gasteiger partial charge in [-0.2, -0.15) is 0 Å². The van der Waals surface area contributed by atoms with Gasteiger partial charge in [0.05, 0.1) is 18.5 Å². The molecule has 0 aliphatic carbocycles. The smallest absolute Gasteiger partial charge is 0.312 e. The molecule has 3 aliphatic heterocycles. The van der Waals surface area contributed by atoms with Gasteiger partial charge in [0.25, 0.3) is 0 Å². The van der Waals surface area contributed by atoms with Crippen LogP contribution in [0.2, 0.25) is 0 Å². The van der Waals surface area contributed by atoms with Crippen molar-refractivity contribution in [2.45, 2.75) is 104 Å². The molecule has 1 unspecified atom stereocenters. The molecule has 214 valence electrons. The van der Waals surface area contributed by atoms with Crippen LogP contribution in [-0.4, -0.2) is 60.6 Å². The number of fused-ring (bicyclic) bond motifs is 2. The SMILES string of the molecule is C#CCN1CCC2=C(C1)c1c(OC(=O)CCN3CCCCC3)cc(CCC(C)CCCCC)cc1OC2(C)C. The van der Waals surface area contributed by atoms with Crippen molar-refractivity contribution in [1.82, 2.24) is 9.80 Å². The first-order valence-corrected chi connectivity index (χ1v) is 15.5. The van der Waals surface area contributed by atoms with Gasteiger partial charge in [-0.3, -0.25) is 9.69 Å². The normalized spacial score (nSPS) is 20.0. The third kappa shape index (κ3) is 7.89. The molecule has 0 saturated carbocycles. The highest BCUT2D eigenvalue weighted by molar-refractivity contribution is 5.85. The van der Waals surface area contributed by atoms with Crippen molar-refractivity contribution in [3.8, 4) is 23.8 Å². The molecule has 1 aromatic rings. The van der Waals surface area contributed by atoms with Crippen LogP contribution < -0.4 is 9.47 Å². The molecule has 1 aromatic carbocycles. The molecule has 0 amide bonds. The lowest BCUT2D eigenvalue weighted by Gasteiger charge is -2.42. The largest absolute Gasteiger partial charge is 0.483 e. The molecule has 3 heterocycles. The number of ether oxygens (including phenoxy) is 2. The Morgan fingerprint density at radius 2 is 1.92 bits per heavy atom. The summed E-state index contributed by atoms with van der Waals surface area (Å²) in [4.78, 5) is 17.9. The summed E-state index contributed by atoms with van der Waals surface area (Å²) >= 11 is 0. The lowest BCUT2D eigenvalue weighted by atomic mass is 9.81. The zero-order valence-corrected chi connectivity index (χ0v) is 24.9. The number of terminal acetylenes is 1. The Hall–Kier alpha value is -2.29. The Morgan fingerprint density at radius 1 is 1.13 bits per heavy atom. The van der Waals surface area contributed by atoms with Crippen LogP contribution in [0.3, 0.4) is 0 Å². The molecule has 0 aromatic heterocycles. The van der Waals surface area contributed by atoms with E-state index < -0.39 is 5.60 Å². The second kappa shape index (κ2) is 13.9. The number of unbranched alkanes of at least 4 members (excludes halogenated alkanes) is 2. The van der Waals surface area contributed by atoms with Crippen LogP contribution in [-0.2, 0) is 11.2 Å². The van der Waals surface area contributed by atoms with Gasteiger partial charge in [-0.05, 0) is 93.8 Å². The first-order chi connectivity index (χ1) is 18.8. The van der Waals surface area contributed by atoms with Gasteiger partial charge in [-0.15, -0.1) is 6.42 Å². The predicted octanol–water partition coefficient (Wildman–Crippen LogP) is 6.88. The van der Waals surface area contributed by atoms with Crippen molar-refractivity contribution >= 4 is 11.5 Å². The Bertz CT molecular complexity index is 1060. The molecular weight excluding hydrogens is 484 g/mol. The van der Waals surface area contributed by atoms with E-state index in [-0.39, 0.29) is 5.97 Å². The number of likely N-dealkylation sites (tertiary alicyclic amines) is 1. The van der Waals surface area contributed by atoms with E-state index in [2.05, 4.69) is 55.5 Å². The number of nitrogens with zero attached hydrogens (tertiary/aromatic N) is 2. The second-order valence-corrected chi connectivity index (χ2v) is 12.5. The van der Waals surface area contributed by atoms with Crippen LogP contribution in [0.25, 0.3) is 5.57 Å². The van der Waals surface area contributed by atoms with Crippen molar-refractivity contribution in [2.75, 3.05) is 39.3 Å². The zero-order valence-electron chi connectivity index (χ0n) is 24.9. The number of hydrogen-bond acceptors (Lipinski definition) is 5. The molecule has 0 bridgehead atoms. The highest BCUT2D eigenvalue weighted by Crippen LogP contribution is 2.48. The maximum absolute atomic E-state index is 13.2. The first kappa shape index (κ1) is 29.7. The van der Waals surface area contributed by atoms with Crippen LogP contribution in [0, 0.1) is 18.3 Å². The third-order valence-electron chi connectivity index (χ3n) is 8.79. The predicted molar refractivity (Wildman–Crippen MR) is 160 cm³/mol. The molecule has 3 aliphatic rings. The van der Waals surface area contributed by atoms with Gasteiger partial charge >= 0.3 is 5.97 Å². The minimum absolute atomic E-state index is 0.156. The summed E-state index contributed by atoms with van der Waals surface area (Å²) in [6.45, 7) is 14.2. The fourth-order valence-electron chi connectivity index (χ4n) is 6.47. The van der Waals surface area contributed by atoms with Gasteiger partial charge in [0.2, 0.25) is 0 Å². The molecule has 1 fully saturated rings. The minimum atomic E-state index is -0.397. The highest BCUT2D eigenvalue weighted by atomic mass is 16.5. The van der Waals surface area contributed by atoms with E-state index in [1.165, 1.54) is 61.7 Å². The van der Waals surface area contributed by atoms with Gasteiger partial charge in [0, 0.05) is 19.6 Å². The summed E-state index contributed by atoms with van der Waals surface area (Å²) in [6.07, 6.45) is 17.9. The van der Waals surface area contributed by atoms with Crippen LogP contribution >= 0.6 is 0 Å². The summed E-state index contributed by atoms with van der Waals surface area (Å²) in [5.41, 5.74) is 4.27. The van der Waals surface area contributed by atoms with Crippen molar-refractivity contribution in [2.24, 2.45) is 5.92 Å². The lowest BCUT2D eigenvalue weighted by molar-refractivity contribution is -0.134. The molecule has 39 heavy (non-hydrogen) atoms. The van der Waals surface area contributed by atoms with E-state index in [1.807, 2.05) is 0 Å². The average Bonchev–Trinajstić information content (AvgIpc) is 2.91. The van der Waals surface area contributed by atoms with Gasteiger partial charge in [-0.1, -0.05) is 51.9 Å². The zero-order chi connectivity index (χ0) is 27.8. The third-order valence-corrected chi connectivity index (χ3v) is 8.79. The maximum Gasteiger partial charge on any atom is 0.312 e. The van der Waals surface area contributed by atoms with Crippen molar-refractivity contribution in [3.63, 3.8) is 0 Å². The number of aryl methyl sites for hydroxylation is 1. The Morgan fingerprint density at radius 3 is 2.67 bits per heavy atom. The summed E-state index contributed by atoms with van der Waals surface area (Å²) in [5.74, 6) is 4.83. The lowest BCUT2D eigenvalue weighted by Crippen LogP contribution is -2.42. The number of carbonyl (C=O) groups is 1. The number of piperidine rings is 1. The quantitative estimate of drug-likeness (QED) is 0.127. The average molecular weight is 535 g/mol. The summed E-state index contributed by atoms with van der Waals surface area (Å²) in [5, 5.41) is 0. The maximum atomic E-state index is 13.2. The molecule has 0 spiro atoms. The minimum Gasteiger partial charge on any atom is -0.483 e.